The molecule has 0 bridgehead atoms. The maximum absolute atomic E-state index is 4.42. The average molecular weight is 175 g/mol. The molecule has 3 atom stereocenters. The fraction of sp³-hybridized carbons (Fsp3) is 0.583. The van der Waals surface area contributed by atoms with Gasteiger partial charge >= 0.3 is 0 Å². The summed E-state index contributed by atoms with van der Waals surface area (Å²) in [7, 11) is 0. The van der Waals surface area contributed by atoms with Crippen molar-refractivity contribution in [3.05, 3.63) is 30.1 Å². The predicted octanol–water partition coefficient (Wildman–Crippen LogP) is 3.09. The van der Waals surface area contributed by atoms with Crippen LogP contribution < -0.4 is 0 Å². The van der Waals surface area contributed by atoms with Crippen LogP contribution in [-0.4, -0.2) is 4.98 Å². The number of nitrogens with zero attached hydrogens (tertiary/aromatic N) is 1. The average Bonchev–Trinajstić information content (AvgIpc) is 2.79. The van der Waals surface area contributed by atoms with Crippen molar-refractivity contribution in [2.45, 2.75) is 26.7 Å². The SMILES string of the molecule is CC(C)C1C(C)C1c1ccccn1. The predicted molar refractivity (Wildman–Crippen MR) is 54.5 cm³/mol. The van der Waals surface area contributed by atoms with E-state index >= 15 is 0 Å². The maximum Gasteiger partial charge on any atom is 0.0440 e. The molecule has 0 radical (unpaired) electrons. The highest BCUT2D eigenvalue weighted by molar-refractivity contribution is 5.21. The summed E-state index contributed by atoms with van der Waals surface area (Å²) in [5.74, 6) is 3.20. The fourth-order valence-corrected chi connectivity index (χ4v) is 2.56. The zero-order valence-electron chi connectivity index (χ0n) is 8.57. The first kappa shape index (κ1) is 8.74. The first-order valence-electron chi connectivity index (χ1n) is 5.12. The number of rotatable bonds is 2. The van der Waals surface area contributed by atoms with E-state index in [1.165, 1.54) is 5.69 Å². The number of hydrogen-bond donors (Lipinski definition) is 0. The Morgan fingerprint density at radius 3 is 2.54 bits per heavy atom. The molecule has 13 heavy (non-hydrogen) atoms. The van der Waals surface area contributed by atoms with Gasteiger partial charge in [0.2, 0.25) is 0 Å². The smallest absolute Gasteiger partial charge is 0.0440 e. The standard InChI is InChI=1S/C12H17N/c1-8(2)11-9(3)12(11)10-6-4-5-7-13-10/h4-9,11-12H,1-3H3. The second-order valence-corrected chi connectivity index (χ2v) is 4.46. The van der Waals surface area contributed by atoms with Gasteiger partial charge < -0.3 is 0 Å². The summed E-state index contributed by atoms with van der Waals surface area (Å²) in [5.41, 5.74) is 1.29. The summed E-state index contributed by atoms with van der Waals surface area (Å²) in [4.78, 5) is 4.42. The molecule has 2 rings (SSSR count). The summed E-state index contributed by atoms with van der Waals surface area (Å²) in [5, 5.41) is 0. The first-order valence-corrected chi connectivity index (χ1v) is 5.12. The van der Waals surface area contributed by atoms with Crippen LogP contribution in [0.5, 0.6) is 0 Å². The van der Waals surface area contributed by atoms with Gasteiger partial charge in [0.1, 0.15) is 0 Å². The largest absolute Gasteiger partial charge is 0.261 e. The Kier molecular flexibility index (Phi) is 2.10. The van der Waals surface area contributed by atoms with E-state index in [-0.39, 0.29) is 0 Å². The molecule has 1 aliphatic rings. The molecule has 0 aromatic carbocycles. The van der Waals surface area contributed by atoms with Crippen LogP contribution in [-0.2, 0) is 0 Å². The quantitative estimate of drug-likeness (QED) is 0.673. The van der Waals surface area contributed by atoms with Gasteiger partial charge in [0.15, 0.2) is 0 Å². The lowest BCUT2D eigenvalue weighted by atomic mass is 10.1. The van der Waals surface area contributed by atoms with E-state index in [0.29, 0.717) is 0 Å². The fourth-order valence-electron chi connectivity index (χ4n) is 2.56. The summed E-state index contributed by atoms with van der Waals surface area (Å²) in [6.07, 6.45) is 1.90. The van der Waals surface area contributed by atoms with Crippen molar-refractivity contribution in [3.8, 4) is 0 Å². The minimum absolute atomic E-state index is 0.723. The zero-order chi connectivity index (χ0) is 9.42. The van der Waals surface area contributed by atoms with Gasteiger partial charge in [-0.15, -0.1) is 0 Å². The number of pyridine rings is 1. The van der Waals surface area contributed by atoms with Crippen molar-refractivity contribution < 1.29 is 0 Å². The van der Waals surface area contributed by atoms with Crippen LogP contribution in [0.4, 0.5) is 0 Å². The van der Waals surface area contributed by atoms with Gasteiger partial charge in [-0.2, -0.15) is 0 Å². The van der Waals surface area contributed by atoms with E-state index in [1.54, 1.807) is 0 Å². The lowest BCUT2D eigenvalue weighted by molar-refractivity contribution is 0.522. The third-order valence-corrected chi connectivity index (χ3v) is 3.25. The van der Waals surface area contributed by atoms with E-state index in [1.807, 2.05) is 12.3 Å². The van der Waals surface area contributed by atoms with E-state index in [0.717, 1.165) is 23.7 Å². The number of hydrogen-bond acceptors (Lipinski definition) is 1. The van der Waals surface area contributed by atoms with Crippen molar-refractivity contribution in [1.29, 1.82) is 0 Å². The van der Waals surface area contributed by atoms with Gasteiger partial charge in [-0.25, -0.2) is 0 Å². The Hall–Kier alpha value is -0.850. The molecule has 1 aliphatic carbocycles. The second-order valence-electron chi connectivity index (χ2n) is 4.46. The molecular formula is C12H17N. The molecule has 0 N–H and O–H groups in total. The van der Waals surface area contributed by atoms with Crippen molar-refractivity contribution in [2.75, 3.05) is 0 Å². The lowest BCUT2D eigenvalue weighted by Crippen LogP contribution is -1.93. The van der Waals surface area contributed by atoms with Crippen LogP contribution in [0.3, 0.4) is 0 Å². The van der Waals surface area contributed by atoms with Crippen LogP contribution in [0.25, 0.3) is 0 Å². The Labute approximate surface area is 80.2 Å². The molecule has 0 spiro atoms. The van der Waals surface area contributed by atoms with Crippen molar-refractivity contribution in [1.82, 2.24) is 4.98 Å². The molecule has 1 nitrogen and oxygen atoms in total. The third-order valence-electron chi connectivity index (χ3n) is 3.25. The number of aromatic nitrogens is 1. The van der Waals surface area contributed by atoms with Gasteiger partial charge in [-0.3, -0.25) is 4.98 Å². The molecule has 1 heteroatoms. The van der Waals surface area contributed by atoms with E-state index in [4.69, 9.17) is 0 Å². The van der Waals surface area contributed by atoms with Crippen LogP contribution in [0.1, 0.15) is 32.4 Å². The molecule has 1 saturated carbocycles. The molecule has 70 valence electrons. The minimum atomic E-state index is 0.723. The highest BCUT2D eigenvalue weighted by atomic mass is 14.7. The normalized spacial score (nSPS) is 32.2. The summed E-state index contributed by atoms with van der Waals surface area (Å²) >= 11 is 0. The molecular weight excluding hydrogens is 158 g/mol. The Morgan fingerprint density at radius 2 is 2.08 bits per heavy atom. The lowest BCUT2D eigenvalue weighted by Gasteiger charge is -2.01. The van der Waals surface area contributed by atoms with Crippen LogP contribution >= 0.6 is 0 Å². The second kappa shape index (κ2) is 3.13. The van der Waals surface area contributed by atoms with Crippen LogP contribution in [0.2, 0.25) is 0 Å². The van der Waals surface area contributed by atoms with Gasteiger partial charge in [0, 0.05) is 17.8 Å². The highest BCUT2D eigenvalue weighted by Gasteiger charge is 2.49. The van der Waals surface area contributed by atoms with Crippen molar-refractivity contribution >= 4 is 0 Å². The summed E-state index contributed by atoms with van der Waals surface area (Å²) < 4.78 is 0. The third kappa shape index (κ3) is 1.48. The molecule has 1 aromatic heterocycles. The molecule has 3 unspecified atom stereocenters. The molecule has 1 heterocycles. The van der Waals surface area contributed by atoms with Gasteiger partial charge in [0.25, 0.3) is 0 Å². The zero-order valence-corrected chi connectivity index (χ0v) is 8.57. The van der Waals surface area contributed by atoms with Crippen molar-refractivity contribution in [2.24, 2.45) is 17.8 Å². The van der Waals surface area contributed by atoms with Gasteiger partial charge in [0.05, 0.1) is 0 Å². The van der Waals surface area contributed by atoms with E-state index < -0.39 is 0 Å². The monoisotopic (exact) mass is 175 g/mol. The maximum atomic E-state index is 4.42. The minimum Gasteiger partial charge on any atom is -0.261 e. The molecule has 0 amide bonds. The Balaban J connectivity index is 2.14. The van der Waals surface area contributed by atoms with E-state index in [9.17, 15) is 0 Å². The molecule has 1 fully saturated rings. The molecule has 0 saturated heterocycles. The first-order chi connectivity index (χ1) is 6.22. The van der Waals surface area contributed by atoms with Crippen LogP contribution in [0.15, 0.2) is 24.4 Å². The van der Waals surface area contributed by atoms with E-state index in [2.05, 4.69) is 37.9 Å². The summed E-state index contributed by atoms with van der Waals surface area (Å²) in [6.45, 7) is 6.96. The summed E-state index contributed by atoms with van der Waals surface area (Å²) in [6, 6.07) is 6.23. The Bertz CT molecular complexity index is 278. The Morgan fingerprint density at radius 1 is 1.31 bits per heavy atom. The highest BCUT2D eigenvalue weighted by Crippen LogP contribution is 2.56. The molecule has 0 aliphatic heterocycles. The topological polar surface area (TPSA) is 12.9 Å². The van der Waals surface area contributed by atoms with Gasteiger partial charge in [-0.05, 0) is 29.9 Å². The van der Waals surface area contributed by atoms with Crippen LogP contribution in [0, 0.1) is 17.8 Å². The molecule has 1 aromatic rings. The van der Waals surface area contributed by atoms with Gasteiger partial charge in [-0.1, -0.05) is 26.8 Å². The van der Waals surface area contributed by atoms with Crippen molar-refractivity contribution in [3.63, 3.8) is 0 Å².